The largest absolute Gasteiger partial charge is 0.497 e. The molecule has 0 aliphatic heterocycles. The number of methoxy groups -OCH3 is 2. The Morgan fingerprint density at radius 2 is 1.81 bits per heavy atom. The molecule has 1 rings (SSSR count). The van der Waals surface area contributed by atoms with Crippen molar-refractivity contribution >= 4 is 0 Å². The van der Waals surface area contributed by atoms with E-state index in [9.17, 15) is 0 Å². The SMILES string of the molecule is C#CC(NCC)c1cc(OC)cc(OC)c1. The molecule has 0 saturated heterocycles. The highest BCUT2D eigenvalue weighted by Gasteiger charge is 2.09. The molecule has 0 saturated carbocycles. The fourth-order valence-corrected chi connectivity index (χ4v) is 1.47. The molecule has 1 N–H and O–H groups in total. The summed E-state index contributed by atoms with van der Waals surface area (Å²) in [6.45, 7) is 2.83. The van der Waals surface area contributed by atoms with Crippen molar-refractivity contribution in [3.8, 4) is 23.8 Å². The molecule has 0 bridgehead atoms. The number of benzene rings is 1. The third-order valence-corrected chi connectivity index (χ3v) is 2.28. The van der Waals surface area contributed by atoms with Crippen LogP contribution in [0, 0.1) is 12.3 Å². The highest BCUT2D eigenvalue weighted by Crippen LogP contribution is 2.26. The number of ether oxygens (including phenoxy) is 2. The van der Waals surface area contributed by atoms with Gasteiger partial charge in [-0.25, -0.2) is 0 Å². The normalized spacial score (nSPS) is 11.6. The van der Waals surface area contributed by atoms with E-state index in [0.29, 0.717) is 0 Å². The smallest absolute Gasteiger partial charge is 0.122 e. The summed E-state index contributed by atoms with van der Waals surface area (Å²) in [6.07, 6.45) is 5.48. The monoisotopic (exact) mass is 219 g/mol. The van der Waals surface area contributed by atoms with Crippen molar-refractivity contribution in [3.63, 3.8) is 0 Å². The Kier molecular flexibility index (Phi) is 4.68. The Morgan fingerprint density at radius 3 is 2.19 bits per heavy atom. The minimum atomic E-state index is -0.117. The zero-order valence-electron chi connectivity index (χ0n) is 9.91. The molecule has 3 heteroatoms. The van der Waals surface area contributed by atoms with Gasteiger partial charge >= 0.3 is 0 Å². The topological polar surface area (TPSA) is 30.5 Å². The van der Waals surface area contributed by atoms with Gasteiger partial charge in [0.25, 0.3) is 0 Å². The number of hydrogen-bond donors (Lipinski definition) is 1. The van der Waals surface area contributed by atoms with Crippen LogP contribution >= 0.6 is 0 Å². The van der Waals surface area contributed by atoms with Crippen molar-refractivity contribution in [2.45, 2.75) is 13.0 Å². The van der Waals surface area contributed by atoms with E-state index in [0.717, 1.165) is 23.6 Å². The Hall–Kier alpha value is -1.66. The van der Waals surface area contributed by atoms with Gasteiger partial charge in [0.2, 0.25) is 0 Å². The van der Waals surface area contributed by atoms with E-state index in [2.05, 4.69) is 11.2 Å². The predicted octanol–water partition coefficient (Wildman–Crippen LogP) is 1.99. The maximum atomic E-state index is 5.48. The Morgan fingerprint density at radius 1 is 1.25 bits per heavy atom. The lowest BCUT2D eigenvalue weighted by atomic mass is 10.1. The van der Waals surface area contributed by atoms with Gasteiger partial charge in [0.05, 0.1) is 20.3 Å². The minimum absolute atomic E-state index is 0.117. The van der Waals surface area contributed by atoms with Crippen molar-refractivity contribution in [2.24, 2.45) is 0 Å². The fourth-order valence-electron chi connectivity index (χ4n) is 1.47. The Labute approximate surface area is 96.8 Å². The lowest BCUT2D eigenvalue weighted by molar-refractivity contribution is 0.392. The van der Waals surface area contributed by atoms with Crippen molar-refractivity contribution in [2.75, 3.05) is 20.8 Å². The minimum Gasteiger partial charge on any atom is -0.497 e. The first kappa shape index (κ1) is 12.4. The summed E-state index contributed by atoms with van der Waals surface area (Å²) in [7, 11) is 3.24. The van der Waals surface area contributed by atoms with Gasteiger partial charge in [0.15, 0.2) is 0 Å². The summed E-state index contributed by atoms with van der Waals surface area (Å²) in [5, 5.41) is 3.20. The molecule has 0 heterocycles. The van der Waals surface area contributed by atoms with Gasteiger partial charge in [-0.05, 0) is 24.2 Å². The number of nitrogens with one attached hydrogen (secondary N) is 1. The lowest BCUT2D eigenvalue weighted by Crippen LogP contribution is -2.19. The van der Waals surface area contributed by atoms with Gasteiger partial charge < -0.3 is 14.8 Å². The first-order valence-electron chi connectivity index (χ1n) is 5.17. The number of terminal acetylenes is 1. The number of rotatable bonds is 5. The summed E-state index contributed by atoms with van der Waals surface area (Å²) in [5.74, 6) is 4.19. The zero-order valence-corrected chi connectivity index (χ0v) is 9.91. The van der Waals surface area contributed by atoms with Gasteiger partial charge in [-0.15, -0.1) is 6.42 Å². The van der Waals surface area contributed by atoms with Gasteiger partial charge in [-0.1, -0.05) is 12.8 Å². The van der Waals surface area contributed by atoms with E-state index < -0.39 is 0 Å². The van der Waals surface area contributed by atoms with Crippen LogP contribution < -0.4 is 14.8 Å². The van der Waals surface area contributed by atoms with Crippen molar-refractivity contribution < 1.29 is 9.47 Å². The second-order valence-corrected chi connectivity index (χ2v) is 3.30. The lowest BCUT2D eigenvalue weighted by Gasteiger charge is -2.14. The maximum absolute atomic E-state index is 5.48. The molecule has 0 aromatic heterocycles. The van der Waals surface area contributed by atoms with Gasteiger partial charge in [-0.2, -0.15) is 0 Å². The van der Waals surface area contributed by atoms with Gasteiger partial charge in [0.1, 0.15) is 11.5 Å². The van der Waals surface area contributed by atoms with Crippen LogP contribution in [-0.4, -0.2) is 20.8 Å². The molecule has 3 nitrogen and oxygen atoms in total. The van der Waals surface area contributed by atoms with Crippen LogP contribution in [0.2, 0.25) is 0 Å². The third-order valence-electron chi connectivity index (χ3n) is 2.28. The van der Waals surface area contributed by atoms with E-state index in [4.69, 9.17) is 15.9 Å². The summed E-state index contributed by atoms with van der Waals surface area (Å²) in [6, 6.07) is 5.53. The van der Waals surface area contributed by atoms with Crippen LogP contribution in [0.5, 0.6) is 11.5 Å². The molecule has 0 aliphatic rings. The summed E-state index contributed by atoms with van der Waals surface area (Å²) in [5.41, 5.74) is 0.973. The second-order valence-electron chi connectivity index (χ2n) is 3.30. The molecule has 1 aromatic rings. The Balaban J connectivity index is 3.06. The molecule has 1 unspecified atom stereocenters. The quantitative estimate of drug-likeness (QED) is 0.768. The van der Waals surface area contributed by atoms with Gasteiger partial charge in [-0.3, -0.25) is 0 Å². The third kappa shape index (κ3) is 2.91. The number of hydrogen-bond acceptors (Lipinski definition) is 3. The molecule has 86 valence electrons. The van der Waals surface area contributed by atoms with Crippen molar-refractivity contribution in [1.82, 2.24) is 5.32 Å². The van der Waals surface area contributed by atoms with E-state index >= 15 is 0 Å². The van der Waals surface area contributed by atoms with Crippen molar-refractivity contribution in [1.29, 1.82) is 0 Å². The summed E-state index contributed by atoms with van der Waals surface area (Å²) < 4.78 is 10.4. The molecular weight excluding hydrogens is 202 g/mol. The van der Waals surface area contributed by atoms with Gasteiger partial charge in [0, 0.05) is 6.07 Å². The first-order chi connectivity index (χ1) is 7.74. The summed E-state index contributed by atoms with van der Waals surface area (Å²) >= 11 is 0. The molecule has 0 spiro atoms. The average Bonchev–Trinajstić information content (AvgIpc) is 2.35. The van der Waals surface area contributed by atoms with Crippen LogP contribution in [0.3, 0.4) is 0 Å². The first-order valence-corrected chi connectivity index (χ1v) is 5.17. The highest BCUT2D eigenvalue weighted by atomic mass is 16.5. The second kappa shape index (κ2) is 6.04. The van der Waals surface area contributed by atoms with E-state index in [1.807, 2.05) is 25.1 Å². The van der Waals surface area contributed by atoms with Crippen LogP contribution in [0.4, 0.5) is 0 Å². The van der Waals surface area contributed by atoms with Crippen LogP contribution in [-0.2, 0) is 0 Å². The van der Waals surface area contributed by atoms with E-state index in [-0.39, 0.29) is 6.04 Å². The molecule has 0 amide bonds. The van der Waals surface area contributed by atoms with Crippen LogP contribution in [0.1, 0.15) is 18.5 Å². The molecule has 16 heavy (non-hydrogen) atoms. The van der Waals surface area contributed by atoms with Crippen LogP contribution in [0.15, 0.2) is 18.2 Å². The standard InChI is InChI=1S/C13H17NO2/c1-5-13(14-6-2)10-7-11(15-3)9-12(8-10)16-4/h1,7-9,13-14H,6H2,2-4H3. The fraction of sp³-hybridized carbons (Fsp3) is 0.385. The average molecular weight is 219 g/mol. The molecule has 0 radical (unpaired) electrons. The van der Waals surface area contributed by atoms with Crippen molar-refractivity contribution in [3.05, 3.63) is 23.8 Å². The molecule has 1 atom stereocenters. The summed E-state index contributed by atoms with van der Waals surface area (Å²) in [4.78, 5) is 0. The maximum Gasteiger partial charge on any atom is 0.122 e. The Bertz CT molecular complexity index is 360. The highest BCUT2D eigenvalue weighted by molar-refractivity contribution is 5.41. The van der Waals surface area contributed by atoms with Crippen LogP contribution in [0.25, 0.3) is 0 Å². The molecule has 1 aromatic carbocycles. The molecular formula is C13H17NO2. The predicted molar refractivity (Wildman–Crippen MR) is 64.8 cm³/mol. The van der Waals surface area contributed by atoms with E-state index in [1.165, 1.54) is 0 Å². The molecule has 0 fully saturated rings. The zero-order chi connectivity index (χ0) is 12.0. The molecule has 0 aliphatic carbocycles. The van der Waals surface area contributed by atoms with E-state index in [1.54, 1.807) is 14.2 Å².